The molecule has 14 heteroatoms. The first-order valence-electron chi connectivity index (χ1n) is 13.0. The molecule has 0 amide bonds. The number of halogens is 2. The standard InChI is InChI=1S/C26H28ClFN6O5S/c1-37-23-24(33-21-6-5-19(7-20(21)28)40(35,36)18-3-2-4-18)31-14-32-25(23)39-22-15-10-34(11-16(22)13-38-12-15)26-29-8-17(27)9-30-26/h5-9,14-16,18,22H,2-4,10-13H2,1H3,(H,31,32,33). The van der Waals surface area contributed by atoms with E-state index in [2.05, 4.69) is 30.2 Å². The average molecular weight is 591 g/mol. The molecule has 2 bridgehead atoms. The molecular formula is C26H28ClFN6O5S. The summed E-state index contributed by atoms with van der Waals surface area (Å²) in [6.07, 6.45) is 6.30. The number of fused-ring (bicyclic) bond motifs is 2. The van der Waals surface area contributed by atoms with Crippen molar-refractivity contribution in [3.63, 3.8) is 0 Å². The lowest BCUT2D eigenvalue weighted by atomic mass is 9.84. The number of aromatic nitrogens is 4. The summed E-state index contributed by atoms with van der Waals surface area (Å²) in [4.78, 5) is 19.3. The molecule has 2 aromatic heterocycles. The Bertz CT molecular complexity index is 1480. The zero-order valence-electron chi connectivity index (χ0n) is 21.7. The first-order chi connectivity index (χ1) is 19.3. The van der Waals surface area contributed by atoms with E-state index in [1.54, 1.807) is 12.4 Å². The van der Waals surface area contributed by atoms with Crippen molar-refractivity contribution in [2.24, 2.45) is 11.8 Å². The third-order valence-corrected chi connectivity index (χ3v) is 10.1. The van der Waals surface area contributed by atoms with Gasteiger partial charge in [-0.1, -0.05) is 18.0 Å². The molecule has 0 radical (unpaired) electrons. The van der Waals surface area contributed by atoms with Crippen molar-refractivity contribution in [1.29, 1.82) is 0 Å². The maximum atomic E-state index is 15.0. The van der Waals surface area contributed by atoms with E-state index in [4.69, 9.17) is 25.8 Å². The summed E-state index contributed by atoms with van der Waals surface area (Å²) >= 11 is 5.95. The topological polar surface area (TPSA) is 129 Å². The minimum atomic E-state index is -3.55. The lowest BCUT2D eigenvalue weighted by Gasteiger charge is -2.46. The highest BCUT2D eigenvalue weighted by molar-refractivity contribution is 7.92. The molecule has 6 rings (SSSR count). The molecule has 2 saturated heterocycles. The number of ether oxygens (including phenoxy) is 3. The summed E-state index contributed by atoms with van der Waals surface area (Å²) in [7, 11) is -2.10. The second-order valence-corrected chi connectivity index (χ2v) is 12.8. The van der Waals surface area contributed by atoms with Crippen LogP contribution < -0.4 is 19.7 Å². The third kappa shape index (κ3) is 5.13. The van der Waals surface area contributed by atoms with E-state index in [0.717, 1.165) is 12.5 Å². The molecule has 0 spiro atoms. The van der Waals surface area contributed by atoms with E-state index in [-0.39, 0.29) is 46.0 Å². The van der Waals surface area contributed by atoms with Crippen molar-refractivity contribution in [3.8, 4) is 11.6 Å². The summed E-state index contributed by atoms with van der Waals surface area (Å²) in [6.45, 7) is 2.21. The third-order valence-electron chi connectivity index (χ3n) is 7.63. The van der Waals surface area contributed by atoms with Crippen LogP contribution in [0.1, 0.15) is 19.3 Å². The van der Waals surface area contributed by atoms with Gasteiger partial charge in [0, 0.05) is 24.9 Å². The minimum Gasteiger partial charge on any atom is -0.489 e. The molecule has 1 N–H and O–H groups in total. The summed E-state index contributed by atoms with van der Waals surface area (Å²) in [5.74, 6) is 0.495. The number of anilines is 3. The van der Waals surface area contributed by atoms with Gasteiger partial charge in [0.1, 0.15) is 18.2 Å². The maximum absolute atomic E-state index is 15.0. The van der Waals surface area contributed by atoms with Gasteiger partial charge in [0.05, 0.1) is 53.6 Å². The Labute approximate surface area is 236 Å². The van der Waals surface area contributed by atoms with Gasteiger partial charge in [-0.3, -0.25) is 0 Å². The molecule has 3 aromatic rings. The van der Waals surface area contributed by atoms with Crippen LogP contribution in [0.4, 0.5) is 21.8 Å². The van der Waals surface area contributed by atoms with Gasteiger partial charge in [0.15, 0.2) is 15.7 Å². The summed E-state index contributed by atoms with van der Waals surface area (Å²) < 4.78 is 58.2. The quantitative estimate of drug-likeness (QED) is 0.412. The molecule has 212 valence electrons. The molecule has 2 aliphatic heterocycles. The second-order valence-electron chi connectivity index (χ2n) is 10.2. The first-order valence-corrected chi connectivity index (χ1v) is 14.9. The lowest BCUT2D eigenvalue weighted by molar-refractivity contribution is -0.0775. The zero-order valence-corrected chi connectivity index (χ0v) is 23.2. The van der Waals surface area contributed by atoms with Crippen molar-refractivity contribution >= 4 is 38.9 Å². The number of nitrogens with one attached hydrogen (secondary N) is 1. The van der Waals surface area contributed by atoms with Crippen LogP contribution in [-0.4, -0.2) is 73.1 Å². The van der Waals surface area contributed by atoms with Crippen LogP contribution >= 0.6 is 11.6 Å². The van der Waals surface area contributed by atoms with Crippen LogP contribution in [0.25, 0.3) is 0 Å². The number of methoxy groups -OCH3 is 1. The average Bonchev–Trinajstić information content (AvgIpc) is 2.89. The summed E-state index contributed by atoms with van der Waals surface area (Å²) in [5, 5.41) is 2.93. The molecule has 3 fully saturated rings. The fourth-order valence-electron chi connectivity index (χ4n) is 5.34. The van der Waals surface area contributed by atoms with Crippen LogP contribution in [-0.2, 0) is 14.6 Å². The number of sulfone groups is 1. The van der Waals surface area contributed by atoms with Gasteiger partial charge in [0.25, 0.3) is 5.88 Å². The summed E-state index contributed by atoms with van der Waals surface area (Å²) in [5.41, 5.74) is 0.0528. The first kappa shape index (κ1) is 26.9. The second kappa shape index (κ2) is 10.9. The van der Waals surface area contributed by atoms with Crippen molar-refractivity contribution < 1.29 is 27.0 Å². The van der Waals surface area contributed by atoms with Gasteiger partial charge in [-0.05, 0) is 31.0 Å². The number of piperidine rings is 1. The number of nitrogens with zero attached hydrogens (tertiary/aromatic N) is 5. The Morgan fingerprint density at radius 2 is 1.82 bits per heavy atom. The predicted molar refractivity (Wildman–Crippen MR) is 145 cm³/mol. The van der Waals surface area contributed by atoms with Crippen LogP contribution in [0.15, 0.2) is 41.8 Å². The summed E-state index contributed by atoms with van der Waals surface area (Å²) in [6, 6.07) is 3.84. The smallest absolute Gasteiger partial charge is 0.262 e. The van der Waals surface area contributed by atoms with Gasteiger partial charge in [-0.2, -0.15) is 4.98 Å². The fourth-order valence-corrected chi connectivity index (χ4v) is 7.30. The normalized spacial score (nSPS) is 22.9. The molecule has 40 heavy (non-hydrogen) atoms. The van der Waals surface area contributed by atoms with Gasteiger partial charge in [0.2, 0.25) is 11.7 Å². The molecule has 2 atom stereocenters. The van der Waals surface area contributed by atoms with E-state index < -0.39 is 20.9 Å². The van der Waals surface area contributed by atoms with E-state index in [1.165, 1.54) is 25.6 Å². The van der Waals surface area contributed by atoms with Gasteiger partial charge in [-0.25, -0.2) is 27.8 Å². The van der Waals surface area contributed by atoms with Gasteiger partial charge >= 0.3 is 0 Å². The van der Waals surface area contributed by atoms with Crippen LogP contribution in [0.5, 0.6) is 11.6 Å². The van der Waals surface area contributed by atoms with E-state index >= 15 is 4.39 Å². The van der Waals surface area contributed by atoms with Crippen molar-refractivity contribution in [2.75, 3.05) is 43.6 Å². The largest absolute Gasteiger partial charge is 0.489 e. The van der Waals surface area contributed by atoms with Crippen molar-refractivity contribution in [3.05, 3.63) is 47.8 Å². The Balaban J connectivity index is 1.20. The molecule has 1 aliphatic carbocycles. The highest BCUT2D eigenvalue weighted by Crippen LogP contribution is 2.39. The number of hydrogen-bond acceptors (Lipinski definition) is 11. The lowest BCUT2D eigenvalue weighted by Crippen LogP contribution is -2.58. The Hall–Kier alpha value is -3.29. The SMILES string of the molecule is COc1c(Nc2ccc(S(=O)(=O)C3CCC3)cc2F)ncnc1OC1C2COCC1CN(c1ncc(Cl)cn1)C2. The molecule has 1 saturated carbocycles. The Kier molecular flexibility index (Phi) is 7.36. The van der Waals surface area contributed by atoms with E-state index in [0.29, 0.717) is 50.1 Å². The zero-order chi connectivity index (χ0) is 27.9. The molecule has 4 heterocycles. The van der Waals surface area contributed by atoms with Crippen LogP contribution in [0.2, 0.25) is 5.02 Å². The van der Waals surface area contributed by atoms with Crippen LogP contribution in [0, 0.1) is 17.7 Å². The maximum Gasteiger partial charge on any atom is 0.262 e. The van der Waals surface area contributed by atoms with E-state index in [9.17, 15) is 8.42 Å². The van der Waals surface area contributed by atoms with Crippen molar-refractivity contribution in [2.45, 2.75) is 35.5 Å². The highest BCUT2D eigenvalue weighted by atomic mass is 35.5. The highest BCUT2D eigenvalue weighted by Gasteiger charge is 2.43. The fraction of sp³-hybridized carbons (Fsp3) is 0.462. The number of hydrogen-bond donors (Lipinski definition) is 1. The molecule has 3 aliphatic rings. The van der Waals surface area contributed by atoms with E-state index in [1.807, 2.05) is 0 Å². The van der Waals surface area contributed by atoms with Gasteiger partial charge < -0.3 is 24.4 Å². The Morgan fingerprint density at radius 1 is 1.10 bits per heavy atom. The Morgan fingerprint density at radius 3 is 2.45 bits per heavy atom. The predicted octanol–water partition coefficient (Wildman–Crippen LogP) is 3.67. The van der Waals surface area contributed by atoms with Crippen molar-refractivity contribution in [1.82, 2.24) is 19.9 Å². The molecule has 1 aromatic carbocycles. The minimum absolute atomic E-state index is 0.00506. The molecule has 11 nitrogen and oxygen atoms in total. The molecular weight excluding hydrogens is 563 g/mol. The number of benzene rings is 1. The van der Waals surface area contributed by atoms with Crippen LogP contribution in [0.3, 0.4) is 0 Å². The molecule has 2 unspecified atom stereocenters. The van der Waals surface area contributed by atoms with Gasteiger partial charge in [-0.15, -0.1) is 0 Å². The monoisotopic (exact) mass is 590 g/mol. The number of rotatable bonds is 8.